The van der Waals surface area contributed by atoms with Crippen LogP contribution in [0.1, 0.15) is 9.88 Å². The first kappa shape index (κ1) is 12.5. The van der Waals surface area contributed by atoms with Crippen LogP contribution in [0.15, 0.2) is 6.20 Å². The summed E-state index contributed by atoms with van der Waals surface area (Å²) in [6.45, 7) is 6.91. The summed E-state index contributed by atoms with van der Waals surface area (Å²) >= 11 is 1.63. The van der Waals surface area contributed by atoms with Crippen LogP contribution >= 0.6 is 11.3 Å². The monoisotopic (exact) mass is 254 g/mol. The molecule has 0 spiro atoms. The van der Waals surface area contributed by atoms with Crippen LogP contribution in [0.2, 0.25) is 0 Å². The van der Waals surface area contributed by atoms with Crippen LogP contribution in [0, 0.1) is 6.92 Å². The molecule has 6 heteroatoms. The molecule has 1 fully saturated rings. The normalized spacial score (nSPS) is 17.0. The van der Waals surface area contributed by atoms with Crippen molar-refractivity contribution in [2.75, 3.05) is 32.7 Å². The average molecular weight is 254 g/mol. The Morgan fingerprint density at radius 1 is 1.59 bits per heavy atom. The van der Waals surface area contributed by atoms with E-state index in [9.17, 15) is 4.79 Å². The molecule has 17 heavy (non-hydrogen) atoms. The van der Waals surface area contributed by atoms with E-state index < -0.39 is 0 Å². The Labute approximate surface area is 105 Å². The van der Waals surface area contributed by atoms with Gasteiger partial charge in [0.15, 0.2) is 0 Å². The summed E-state index contributed by atoms with van der Waals surface area (Å²) in [6.07, 6.45) is 1.82. The number of hydrogen-bond donors (Lipinski definition) is 2. The molecule has 2 heterocycles. The number of piperazine rings is 1. The van der Waals surface area contributed by atoms with E-state index in [-0.39, 0.29) is 5.91 Å². The van der Waals surface area contributed by atoms with Crippen molar-refractivity contribution >= 4 is 17.2 Å². The molecule has 2 N–H and O–H groups in total. The van der Waals surface area contributed by atoms with Gasteiger partial charge < -0.3 is 10.6 Å². The second kappa shape index (κ2) is 6.09. The molecular formula is C11H18N4OS. The second-order valence-corrected chi connectivity index (χ2v) is 5.47. The molecule has 0 aromatic carbocycles. The number of nitrogens with one attached hydrogen (secondary N) is 2. The van der Waals surface area contributed by atoms with Crippen LogP contribution in [0.5, 0.6) is 0 Å². The van der Waals surface area contributed by atoms with Crippen molar-refractivity contribution in [3.05, 3.63) is 16.1 Å². The Bertz CT molecular complexity index is 373. The highest BCUT2D eigenvalue weighted by Crippen LogP contribution is 2.10. The molecule has 1 aliphatic rings. The molecule has 5 nitrogen and oxygen atoms in total. The van der Waals surface area contributed by atoms with Gasteiger partial charge in [0.1, 0.15) is 0 Å². The lowest BCUT2D eigenvalue weighted by molar-refractivity contribution is -0.122. The minimum Gasteiger partial charge on any atom is -0.350 e. The maximum atomic E-state index is 11.7. The predicted molar refractivity (Wildman–Crippen MR) is 68.0 cm³/mol. The van der Waals surface area contributed by atoms with Gasteiger partial charge in [0.05, 0.1) is 18.1 Å². The van der Waals surface area contributed by atoms with Gasteiger partial charge in [-0.25, -0.2) is 4.98 Å². The number of amides is 1. The van der Waals surface area contributed by atoms with E-state index in [1.54, 1.807) is 11.3 Å². The lowest BCUT2D eigenvalue weighted by Gasteiger charge is -2.26. The quantitative estimate of drug-likeness (QED) is 0.792. The van der Waals surface area contributed by atoms with E-state index in [4.69, 9.17) is 0 Å². The fourth-order valence-electron chi connectivity index (χ4n) is 1.80. The molecule has 0 aliphatic carbocycles. The van der Waals surface area contributed by atoms with Gasteiger partial charge in [-0.05, 0) is 6.92 Å². The lowest BCUT2D eigenvalue weighted by atomic mass is 10.3. The summed E-state index contributed by atoms with van der Waals surface area (Å²) in [6, 6.07) is 0. The summed E-state index contributed by atoms with van der Waals surface area (Å²) in [5.74, 6) is 0.0953. The van der Waals surface area contributed by atoms with Crippen molar-refractivity contribution in [1.82, 2.24) is 20.5 Å². The summed E-state index contributed by atoms with van der Waals surface area (Å²) in [7, 11) is 0. The van der Waals surface area contributed by atoms with Gasteiger partial charge in [-0.2, -0.15) is 0 Å². The second-order valence-electron chi connectivity index (χ2n) is 4.15. The van der Waals surface area contributed by atoms with Crippen LogP contribution in [0.25, 0.3) is 0 Å². The van der Waals surface area contributed by atoms with Crippen molar-refractivity contribution in [3.63, 3.8) is 0 Å². The van der Waals surface area contributed by atoms with Gasteiger partial charge in [0, 0.05) is 37.3 Å². The summed E-state index contributed by atoms with van der Waals surface area (Å²) in [4.78, 5) is 19.1. The first-order valence-corrected chi connectivity index (χ1v) is 6.67. The maximum Gasteiger partial charge on any atom is 0.234 e. The molecule has 1 aliphatic heterocycles. The van der Waals surface area contributed by atoms with Crippen LogP contribution in [-0.2, 0) is 11.3 Å². The van der Waals surface area contributed by atoms with E-state index in [0.717, 1.165) is 36.1 Å². The molecule has 0 atom stereocenters. The zero-order chi connectivity index (χ0) is 12.1. The highest BCUT2D eigenvalue weighted by atomic mass is 32.1. The number of carbonyl (C=O) groups excluding carboxylic acids is 1. The molecule has 94 valence electrons. The standard InChI is InChI=1S/C11H18N4OS/c1-9-13-6-10(17-9)7-14-11(16)8-15-4-2-12-3-5-15/h6,12H,2-5,7-8H2,1H3,(H,14,16). The van der Waals surface area contributed by atoms with Crippen LogP contribution in [-0.4, -0.2) is 48.5 Å². The van der Waals surface area contributed by atoms with Gasteiger partial charge in [-0.1, -0.05) is 0 Å². The Morgan fingerprint density at radius 2 is 2.35 bits per heavy atom. The van der Waals surface area contributed by atoms with E-state index in [1.165, 1.54) is 0 Å². The summed E-state index contributed by atoms with van der Waals surface area (Å²) in [5.41, 5.74) is 0. The first-order valence-electron chi connectivity index (χ1n) is 5.85. The molecule has 1 amide bonds. The fraction of sp³-hybridized carbons (Fsp3) is 0.636. The third-order valence-corrected chi connectivity index (χ3v) is 3.62. The topological polar surface area (TPSA) is 57.3 Å². The van der Waals surface area contributed by atoms with E-state index in [2.05, 4.69) is 20.5 Å². The molecule has 0 saturated carbocycles. The third kappa shape index (κ3) is 4.07. The minimum absolute atomic E-state index is 0.0953. The first-order chi connectivity index (χ1) is 8.24. The number of nitrogens with zero attached hydrogens (tertiary/aromatic N) is 2. The Hall–Kier alpha value is -0.980. The molecule has 1 saturated heterocycles. The van der Waals surface area contributed by atoms with Gasteiger partial charge >= 0.3 is 0 Å². The zero-order valence-corrected chi connectivity index (χ0v) is 10.8. The third-order valence-electron chi connectivity index (χ3n) is 2.71. The van der Waals surface area contributed by atoms with Gasteiger partial charge in [-0.3, -0.25) is 9.69 Å². The van der Waals surface area contributed by atoms with Gasteiger partial charge in [0.2, 0.25) is 5.91 Å². The van der Waals surface area contributed by atoms with E-state index in [1.807, 2.05) is 13.1 Å². The van der Waals surface area contributed by atoms with Crippen molar-refractivity contribution < 1.29 is 4.79 Å². The largest absolute Gasteiger partial charge is 0.350 e. The Balaban J connectivity index is 1.70. The van der Waals surface area contributed by atoms with Crippen LogP contribution in [0.3, 0.4) is 0 Å². The number of rotatable bonds is 4. The highest BCUT2D eigenvalue weighted by Gasteiger charge is 2.13. The van der Waals surface area contributed by atoms with Crippen molar-refractivity contribution in [2.45, 2.75) is 13.5 Å². The minimum atomic E-state index is 0.0953. The number of aryl methyl sites for hydroxylation is 1. The Morgan fingerprint density at radius 3 is 3.00 bits per heavy atom. The predicted octanol–water partition coefficient (Wildman–Crippen LogP) is -0.0271. The number of aromatic nitrogens is 1. The molecule has 2 rings (SSSR count). The maximum absolute atomic E-state index is 11.7. The van der Waals surface area contributed by atoms with Crippen molar-refractivity contribution in [1.29, 1.82) is 0 Å². The van der Waals surface area contributed by atoms with E-state index in [0.29, 0.717) is 13.1 Å². The molecular weight excluding hydrogens is 236 g/mol. The van der Waals surface area contributed by atoms with Crippen molar-refractivity contribution in [3.8, 4) is 0 Å². The van der Waals surface area contributed by atoms with E-state index >= 15 is 0 Å². The molecule has 0 unspecified atom stereocenters. The number of carbonyl (C=O) groups is 1. The SMILES string of the molecule is Cc1ncc(CNC(=O)CN2CCNCC2)s1. The van der Waals surface area contributed by atoms with Crippen LogP contribution < -0.4 is 10.6 Å². The molecule has 1 aromatic rings. The van der Waals surface area contributed by atoms with Crippen molar-refractivity contribution in [2.24, 2.45) is 0 Å². The molecule has 1 aromatic heterocycles. The van der Waals surface area contributed by atoms with Gasteiger partial charge in [0.25, 0.3) is 0 Å². The number of hydrogen-bond acceptors (Lipinski definition) is 5. The summed E-state index contributed by atoms with van der Waals surface area (Å²) in [5, 5.41) is 7.24. The molecule has 0 radical (unpaired) electrons. The fourth-order valence-corrected chi connectivity index (χ4v) is 2.54. The highest BCUT2D eigenvalue weighted by molar-refractivity contribution is 7.11. The van der Waals surface area contributed by atoms with Gasteiger partial charge in [-0.15, -0.1) is 11.3 Å². The zero-order valence-electron chi connectivity index (χ0n) is 10.0. The van der Waals surface area contributed by atoms with Crippen LogP contribution in [0.4, 0.5) is 0 Å². The Kier molecular flexibility index (Phi) is 4.47. The lowest BCUT2D eigenvalue weighted by Crippen LogP contribution is -2.47. The number of thiazole rings is 1. The average Bonchev–Trinajstić information content (AvgIpc) is 2.74. The smallest absolute Gasteiger partial charge is 0.234 e. The molecule has 0 bridgehead atoms. The summed E-state index contributed by atoms with van der Waals surface area (Å²) < 4.78 is 0.